The van der Waals surface area contributed by atoms with Crippen LogP contribution in [0.25, 0.3) is 0 Å². The summed E-state index contributed by atoms with van der Waals surface area (Å²) in [6, 6.07) is 0. The van der Waals surface area contributed by atoms with Gasteiger partial charge in [-0.05, 0) is 38.0 Å². The van der Waals surface area contributed by atoms with E-state index in [2.05, 4.69) is 5.32 Å². The topological polar surface area (TPSA) is 30.5 Å². The predicted molar refractivity (Wildman–Crippen MR) is 57.6 cm³/mol. The summed E-state index contributed by atoms with van der Waals surface area (Å²) in [5.41, 5.74) is -0.0397. The van der Waals surface area contributed by atoms with E-state index in [-0.39, 0.29) is 5.72 Å². The fourth-order valence-corrected chi connectivity index (χ4v) is 2.85. The van der Waals surface area contributed by atoms with E-state index in [1.165, 1.54) is 19.3 Å². The lowest BCUT2D eigenvalue weighted by Crippen LogP contribution is -2.55. The monoisotopic (exact) mass is 211 g/mol. The Morgan fingerprint density at radius 2 is 2.00 bits per heavy atom. The lowest BCUT2D eigenvalue weighted by atomic mass is 9.99. The van der Waals surface area contributed by atoms with Gasteiger partial charge >= 0.3 is 0 Å². The van der Waals surface area contributed by atoms with Crippen molar-refractivity contribution in [3.63, 3.8) is 0 Å². The zero-order chi connectivity index (χ0) is 10.1. The first kappa shape index (κ1) is 10.1. The molecule has 2 unspecified atom stereocenters. The molecule has 3 rings (SSSR count). The second-order valence-corrected chi connectivity index (χ2v) is 5.17. The van der Waals surface area contributed by atoms with Crippen molar-refractivity contribution < 1.29 is 9.47 Å². The van der Waals surface area contributed by atoms with Gasteiger partial charge in [-0.1, -0.05) is 0 Å². The Balaban J connectivity index is 1.66. The zero-order valence-electron chi connectivity index (χ0n) is 9.34. The molecule has 2 saturated heterocycles. The van der Waals surface area contributed by atoms with E-state index in [0.29, 0.717) is 6.10 Å². The highest BCUT2D eigenvalue weighted by Crippen LogP contribution is 2.40. The molecule has 2 heterocycles. The summed E-state index contributed by atoms with van der Waals surface area (Å²) in [7, 11) is 0. The van der Waals surface area contributed by atoms with E-state index < -0.39 is 0 Å². The van der Waals surface area contributed by atoms with Gasteiger partial charge in [0.15, 0.2) is 0 Å². The molecular formula is C12H21NO2. The van der Waals surface area contributed by atoms with Crippen LogP contribution in [0.1, 0.15) is 38.5 Å². The maximum Gasteiger partial charge on any atom is 0.121 e. The van der Waals surface area contributed by atoms with Crippen LogP contribution in [0.15, 0.2) is 0 Å². The molecule has 86 valence electrons. The minimum absolute atomic E-state index is 0.0397. The Hall–Kier alpha value is -0.120. The van der Waals surface area contributed by atoms with Crippen molar-refractivity contribution >= 4 is 0 Å². The molecule has 1 spiro atoms. The molecule has 0 aromatic carbocycles. The first-order valence-corrected chi connectivity index (χ1v) is 6.39. The summed E-state index contributed by atoms with van der Waals surface area (Å²) in [5.74, 6) is 0.869. The van der Waals surface area contributed by atoms with Gasteiger partial charge in [0.1, 0.15) is 5.72 Å². The minimum Gasteiger partial charge on any atom is -0.381 e. The van der Waals surface area contributed by atoms with Crippen molar-refractivity contribution in [3.8, 4) is 0 Å². The molecular weight excluding hydrogens is 190 g/mol. The third kappa shape index (κ3) is 2.19. The largest absolute Gasteiger partial charge is 0.381 e. The summed E-state index contributed by atoms with van der Waals surface area (Å²) in [6.07, 6.45) is 7.78. The van der Waals surface area contributed by atoms with E-state index in [9.17, 15) is 0 Å². The fourth-order valence-electron chi connectivity index (χ4n) is 2.85. The molecule has 1 N–H and O–H groups in total. The van der Waals surface area contributed by atoms with E-state index >= 15 is 0 Å². The molecule has 2 atom stereocenters. The van der Waals surface area contributed by atoms with Crippen molar-refractivity contribution in [3.05, 3.63) is 0 Å². The Morgan fingerprint density at radius 1 is 1.07 bits per heavy atom. The normalized spacial score (nSPS) is 42.8. The summed E-state index contributed by atoms with van der Waals surface area (Å²) in [5, 5.41) is 3.58. The van der Waals surface area contributed by atoms with Crippen LogP contribution in [0.3, 0.4) is 0 Å². The summed E-state index contributed by atoms with van der Waals surface area (Å²) >= 11 is 0. The fraction of sp³-hybridized carbons (Fsp3) is 1.00. The van der Waals surface area contributed by atoms with Gasteiger partial charge in [0.05, 0.1) is 12.7 Å². The average molecular weight is 211 g/mol. The second-order valence-electron chi connectivity index (χ2n) is 5.17. The maximum absolute atomic E-state index is 6.33. The molecule has 1 saturated carbocycles. The van der Waals surface area contributed by atoms with Crippen molar-refractivity contribution in [1.82, 2.24) is 5.32 Å². The highest BCUT2D eigenvalue weighted by molar-refractivity contribution is 4.91. The molecule has 3 nitrogen and oxygen atoms in total. The predicted octanol–water partition coefficient (Wildman–Crippen LogP) is 1.67. The van der Waals surface area contributed by atoms with Crippen molar-refractivity contribution in [1.29, 1.82) is 0 Å². The third-order valence-electron chi connectivity index (χ3n) is 3.92. The molecule has 3 heteroatoms. The molecule has 2 aliphatic heterocycles. The van der Waals surface area contributed by atoms with Crippen molar-refractivity contribution in [2.75, 3.05) is 19.8 Å². The molecule has 0 radical (unpaired) electrons. The minimum atomic E-state index is -0.0397. The number of ether oxygens (including phenoxy) is 2. The molecule has 0 aromatic rings. The maximum atomic E-state index is 6.33. The number of hydrogen-bond acceptors (Lipinski definition) is 3. The average Bonchev–Trinajstić information content (AvgIpc) is 3.05. The number of rotatable bonds is 1. The Bertz CT molecular complexity index is 220. The van der Waals surface area contributed by atoms with Crippen LogP contribution in [0.2, 0.25) is 0 Å². The van der Waals surface area contributed by atoms with Crippen LogP contribution in [-0.2, 0) is 9.47 Å². The molecule has 0 amide bonds. The van der Waals surface area contributed by atoms with Gasteiger partial charge in [-0.3, -0.25) is 5.32 Å². The van der Waals surface area contributed by atoms with Crippen LogP contribution >= 0.6 is 0 Å². The molecule has 0 aromatic heterocycles. The van der Waals surface area contributed by atoms with E-state index in [0.717, 1.165) is 44.9 Å². The number of nitrogens with one attached hydrogen (secondary N) is 1. The van der Waals surface area contributed by atoms with Crippen molar-refractivity contribution in [2.45, 2.75) is 50.4 Å². The number of hydrogen-bond donors (Lipinski definition) is 1. The van der Waals surface area contributed by atoms with Gasteiger partial charge in [0.2, 0.25) is 0 Å². The zero-order valence-corrected chi connectivity index (χ0v) is 9.34. The summed E-state index contributed by atoms with van der Waals surface area (Å²) in [4.78, 5) is 0. The Labute approximate surface area is 91.5 Å². The van der Waals surface area contributed by atoms with Gasteiger partial charge < -0.3 is 9.47 Å². The van der Waals surface area contributed by atoms with Crippen LogP contribution in [0.4, 0.5) is 0 Å². The molecule has 3 aliphatic rings. The van der Waals surface area contributed by atoms with E-state index in [4.69, 9.17) is 9.47 Å². The molecule has 0 bridgehead atoms. The lowest BCUT2D eigenvalue weighted by molar-refractivity contribution is -0.157. The van der Waals surface area contributed by atoms with E-state index in [1.807, 2.05) is 0 Å². The molecule has 1 aliphatic carbocycles. The van der Waals surface area contributed by atoms with Gasteiger partial charge in [-0.15, -0.1) is 0 Å². The Kier molecular flexibility index (Phi) is 2.71. The van der Waals surface area contributed by atoms with Gasteiger partial charge in [0.25, 0.3) is 0 Å². The molecule has 15 heavy (non-hydrogen) atoms. The first-order chi connectivity index (χ1) is 7.38. The third-order valence-corrected chi connectivity index (χ3v) is 3.92. The van der Waals surface area contributed by atoms with E-state index in [1.54, 1.807) is 0 Å². The highest BCUT2D eigenvalue weighted by Gasteiger charge is 2.42. The molecule has 3 fully saturated rings. The van der Waals surface area contributed by atoms with Gasteiger partial charge in [-0.2, -0.15) is 0 Å². The Morgan fingerprint density at radius 3 is 2.87 bits per heavy atom. The van der Waals surface area contributed by atoms with Crippen LogP contribution < -0.4 is 5.32 Å². The summed E-state index contributed by atoms with van der Waals surface area (Å²) in [6.45, 7) is 2.88. The smallest absolute Gasteiger partial charge is 0.121 e. The standard InChI is InChI=1S/C12H21NO2/c1-5-12(6-9-14-8-1)13-7-4-11(15-12)10-2-3-10/h10-11,13H,1-9H2. The quantitative estimate of drug-likeness (QED) is 0.715. The highest BCUT2D eigenvalue weighted by atomic mass is 16.5. The summed E-state index contributed by atoms with van der Waals surface area (Å²) < 4.78 is 11.8. The van der Waals surface area contributed by atoms with Crippen LogP contribution in [-0.4, -0.2) is 31.6 Å². The van der Waals surface area contributed by atoms with Gasteiger partial charge in [0, 0.05) is 19.6 Å². The van der Waals surface area contributed by atoms with Crippen LogP contribution in [0, 0.1) is 5.92 Å². The lowest BCUT2D eigenvalue weighted by Gasteiger charge is -2.42. The first-order valence-electron chi connectivity index (χ1n) is 6.39. The van der Waals surface area contributed by atoms with Crippen molar-refractivity contribution in [2.24, 2.45) is 5.92 Å². The second kappa shape index (κ2) is 4.04. The van der Waals surface area contributed by atoms with Crippen LogP contribution in [0.5, 0.6) is 0 Å². The SMILES string of the molecule is C1COCCC2(C1)NCCC(C1CC1)O2. The van der Waals surface area contributed by atoms with Gasteiger partial charge in [-0.25, -0.2) is 0 Å².